The van der Waals surface area contributed by atoms with Gasteiger partial charge in [-0.2, -0.15) is 0 Å². The maximum absolute atomic E-state index is 4.18. The molecule has 0 aromatic heterocycles. The standard InChI is InChI=1S/C12H15NS.C2H6/c1-3-14-11-6-4-5-10(9-7-8-9)12(11)13-2;1-2/h4-6,9H,2-3,7-8H2,1H3;1-2H3. The summed E-state index contributed by atoms with van der Waals surface area (Å²) >= 11 is 1.85. The predicted molar refractivity (Wildman–Crippen MR) is 75.4 cm³/mol. The van der Waals surface area contributed by atoms with E-state index in [1.165, 1.54) is 23.3 Å². The van der Waals surface area contributed by atoms with Crippen molar-refractivity contribution in [3.05, 3.63) is 23.8 Å². The van der Waals surface area contributed by atoms with E-state index in [2.05, 4.69) is 36.8 Å². The molecule has 1 aromatic rings. The zero-order chi connectivity index (χ0) is 12.0. The molecule has 0 heterocycles. The Balaban J connectivity index is 0.000000606. The number of hydrogen-bond acceptors (Lipinski definition) is 2. The highest BCUT2D eigenvalue weighted by Gasteiger charge is 2.26. The van der Waals surface area contributed by atoms with E-state index in [1.54, 1.807) is 0 Å². The Labute approximate surface area is 103 Å². The number of aliphatic imine (C=N–C) groups is 1. The van der Waals surface area contributed by atoms with E-state index in [-0.39, 0.29) is 0 Å². The second kappa shape index (κ2) is 6.74. The monoisotopic (exact) mass is 235 g/mol. The molecule has 2 rings (SSSR count). The molecule has 1 nitrogen and oxygen atoms in total. The highest BCUT2D eigenvalue weighted by molar-refractivity contribution is 7.99. The van der Waals surface area contributed by atoms with Crippen molar-refractivity contribution in [1.29, 1.82) is 0 Å². The van der Waals surface area contributed by atoms with Crippen molar-refractivity contribution < 1.29 is 0 Å². The van der Waals surface area contributed by atoms with E-state index in [4.69, 9.17) is 0 Å². The lowest BCUT2D eigenvalue weighted by molar-refractivity contribution is 1.11. The molecular formula is C14H21NS. The average Bonchev–Trinajstić information content (AvgIpc) is 3.16. The molecule has 0 bridgehead atoms. The Morgan fingerprint density at radius 3 is 2.56 bits per heavy atom. The normalized spacial score (nSPS) is 13.9. The van der Waals surface area contributed by atoms with Crippen molar-refractivity contribution in [3.63, 3.8) is 0 Å². The third-order valence-electron chi connectivity index (χ3n) is 2.51. The lowest BCUT2D eigenvalue weighted by atomic mass is 10.1. The van der Waals surface area contributed by atoms with Crippen LogP contribution < -0.4 is 0 Å². The molecule has 0 radical (unpaired) electrons. The van der Waals surface area contributed by atoms with Gasteiger partial charge in [-0.3, -0.25) is 4.99 Å². The van der Waals surface area contributed by atoms with Gasteiger partial charge >= 0.3 is 0 Å². The largest absolute Gasteiger partial charge is 0.263 e. The minimum Gasteiger partial charge on any atom is -0.263 e. The van der Waals surface area contributed by atoms with Gasteiger partial charge in [-0.25, -0.2) is 0 Å². The predicted octanol–water partition coefficient (Wildman–Crippen LogP) is 5.03. The summed E-state index contributed by atoms with van der Waals surface area (Å²) in [6, 6.07) is 6.48. The van der Waals surface area contributed by atoms with Gasteiger partial charge in [0.2, 0.25) is 0 Å². The summed E-state index contributed by atoms with van der Waals surface area (Å²) in [6.45, 7) is 9.85. The molecule has 16 heavy (non-hydrogen) atoms. The minimum atomic E-state index is 0.757. The Hall–Kier alpha value is -0.760. The van der Waals surface area contributed by atoms with Crippen molar-refractivity contribution in [3.8, 4) is 0 Å². The van der Waals surface area contributed by atoms with Gasteiger partial charge in [0, 0.05) is 4.90 Å². The summed E-state index contributed by atoms with van der Waals surface area (Å²) in [7, 11) is 0. The van der Waals surface area contributed by atoms with Gasteiger partial charge in [-0.1, -0.05) is 32.9 Å². The van der Waals surface area contributed by atoms with Crippen LogP contribution in [-0.4, -0.2) is 12.5 Å². The summed E-state index contributed by atoms with van der Waals surface area (Å²) < 4.78 is 0. The van der Waals surface area contributed by atoms with Crippen molar-refractivity contribution >= 4 is 24.2 Å². The summed E-state index contributed by atoms with van der Waals surface area (Å²) in [5.41, 5.74) is 2.53. The van der Waals surface area contributed by atoms with E-state index < -0.39 is 0 Å². The number of rotatable bonds is 4. The zero-order valence-electron chi connectivity index (χ0n) is 10.5. The Morgan fingerprint density at radius 2 is 2.06 bits per heavy atom. The van der Waals surface area contributed by atoms with Gasteiger partial charge < -0.3 is 0 Å². The molecule has 88 valence electrons. The van der Waals surface area contributed by atoms with E-state index >= 15 is 0 Å². The molecule has 0 saturated heterocycles. The lowest BCUT2D eigenvalue weighted by Crippen LogP contribution is -1.83. The van der Waals surface area contributed by atoms with Crippen LogP contribution in [-0.2, 0) is 0 Å². The van der Waals surface area contributed by atoms with E-state index in [0.29, 0.717) is 0 Å². The minimum absolute atomic E-state index is 0.757. The summed E-state index contributed by atoms with van der Waals surface area (Å²) in [4.78, 5) is 5.46. The number of para-hydroxylation sites is 1. The first-order chi connectivity index (χ1) is 7.86. The van der Waals surface area contributed by atoms with Crippen molar-refractivity contribution in [1.82, 2.24) is 0 Å². The van der Waals surface area contributed by atoms with Crippen LogP contribution in [0.1, 0.15) is 45.1 Å². The van der Waals surface area contributed by atoms with Gasteiger partial charge in [0.15, 0.2) is 0 Å². The van der Waals surface area contributed by atoms with Crippen LogP contribution in [0.25, 0.3) is 0 Å². The quantitative estimate of drug-likeness (QED) is 0.526. The van der Waals surface area contributed by atoms with Crippen LogP contribution in [0.5, 0.6) is 0 Å². The van der Waals surface area contributed by atoms with Crippen LogP contribution in [0.4, 0.5) is 5.69 Å². The molecule has 1 fully saturated rings. The lowest BCUT2D eigenvalue weighted by Gasteiger charge is -2.08. The molecule has 1 aromatic carbocycles. The number of thioether (sulfide) groups is 1. The first kappa shape index (κ1) is 13.3. The molecule has 0 aliphatic heterocycles. The Kier molecular flexibility index (Phi) is 5.61. The second-order valence-electron chi connectivity index (χ2n) is 3.56. The fourth-order valence-corrected chi connectivity index (χ4v) is 2.51. The highest BCUT2D eigenvalue weighted by Crippen LogP contribution is 2.46. The summed E-state index contributed by atoms with van der Waals surface area (Å²) in [6.07, 6.45) is 2.64. The van der Waals surface area contributed by atoms with E-state index in [9.17, 15) is 0 Å². The third-order valence-corrected chi connectivity index (χ3v) is 3.43. The Morgan fingerprint density at radius 1 is 1.38 bits per heavy atom. The van der Waals surface area contributed by atoms with Crippen LogP contribution in [0, 0.1) is 0 Å². The van der Waals surface area contributed by atoms with Crippen molar-refractivity contribution in [2.45, 2.75) is 44.4 Å². The van der Waals surface area contributed by atoms with Crippen molar-refractivity contribution in [2.75, 3.05) is 5.75 Å². The van der Waals surface area contributed by atoms with Crippen LogP contribution in [0.15, 0.2) is 28.1 Å². The van der Waals surface area contributed by atoms with Gasteiger partial charge in [0.1, 0.15) is 0 Å². The average molecular weight is 235 g/mol. The second-order valence-corrected chi connectivity index (χ2v) is 4.87. The van der Waals surface area contributed by atoms with Gasteiger partial charge in [0.05, 0.1) is 5.69 Å². The van der Waals surface area contributed by atoms with Crippen LogP contribution in [0.2, 0.25) is 0 Å². The fraction of sp³-hybridized carbons (Fsp3) is 0.500. The molecule has 0 amide bonds. The molecule has 1 aliphatic carbocycles. The van der Waals surface area contributed by atoms with Gasteiger partial charge in [-0.05, 0) is 42.9 Å². The number of nitrogens with zero attached hydrogens (tertiary/aromatic N) is 1. The Bertz CT molecular complexity index is 343. The molecule has 0 atom stereocenters. The number of hydrogen-bond donors (Lipinski definition) is 0. The molecule has 2 heteroatoms. The van der Waals surface area contributed by atoms with Gasteiger partial charge in [-0.15, -0.1) is 11.8 Å². The molecule has 0 N–H and O–H groups in total. The zero-order valence-corrected chi connectivity index (χ0v) is 11.3. The maximum atomic E-state index is 4.18. The molecular weight excluding hydrogens is 214 g/mol. The van der Waals surface area contributed by atoms with Crippen LogP contribution in [0.3, 0.4) is 0 Å². The molecule has 1 saturated carbocycles. The molecule has 0 spiro atoms. The van der Waals surface area contributed by atoms with Crippen molar-refractivity contribution in [2.24, 2.45) is 4.99 Å². The topological polar surface area (TPSA) is 12.4 Å². The fourth-order valence-electron chi connectivity index (χ4n) is 1.70. The summed E-state index contributed by atoms with van der Waals surface area (Å²) in [5, 5.41) is 0. The van der Waals surface area contributed by atoms with E-state index in [1.807, 2.05) is 25.6 Å². The first-order valence-electron chi connectivity index (χ1n) is 6.09. The highest BCUT2D eigenvalue weighted by atomic mass is 32.2. The van der Waals surface area contributed by atoms with E-state index in [0.717, 1.165) is 17.4 Å². The third kappa shape index (κ3) is 3.11. The smallest absolute Gasteiger partial charge is 0.0792 e. The number of benzene rings is 1. The molecule has 0 unspecified atom stereocenters. The first-order valence-corrected chi connectivity index (χ1v) is 7.07. The van der Waals surface area contributed by atoms with Crippen LogP contribution >= 0.6 is 11.8 Å². The summed E-state index contributed by atoms with van der Waals surface area (Å²) in [5.74, 6) is 1.85. The molecule has 1 aliphatic rings. The SMILES string of the molecule is C=Nc1c(SCC)cccc1C1CC1.CC. The maximum Gasteiger partial charge on any atom is 0.0792 e. The van der Waals surface area contributed by atoms with Gasteiger partial charge in [0.25, 0.3) is 0 Å².